The summed E-state index contributed by atoms with van der Waals surface area (Å²) in [5.74, 6) is -0.517. The van der Waals surface area contributed by atoms with Crippen LogP contribution in [0.5, 0.6) is 0 Å². The number of carbonyl (C=O) groups excluding carboxylic acids is 3. The van der Waals surface area contributed by atoms with Gasteiger partial charge in [-0.15, -0.1) is 0 Å². The highest BCUT2D eigenvalue weighted by Crippen LogP contribution is 2.35. The van der Waals surface area contributed by atoms with Crippen LogP contribution >= 0.6 is 0 Å². The standard InChI is InChI=1S/C22H32N4O5S/c1-4-25(5-2)32(30,31)18-10-8-17(9-11-18)16(3)23-19(27)12-15-26-20(28)22(24-21(26)29)13-6-7-14-22/h8-11,16H,4-7,12-15H2,1-3H3,(H,23,27)(H,24,29)/t16-/m1/s1. The summed E-state index contributed by atoms with van der Waals surface area (Å²) >= 11 is 0. The first-order chi connectivity index (χ1) is 15.1. The Bertz CT molecular complexity index is 967. The van der Waals surface area contributed by atoms with E-state index >= 15 is 0 Å². The largest absolute Gasteiger partial charge is 0.350 e. The van der Waals surface area contributed by atoms with Crippen LogP contribution in [-0.2, 0) is 19.6 Å². The zero-order valence-corrected chi connectivity index (χ0v) is 19.7. The van der Waals surface area contributed by atoms with E-state index in [1.54, 1.807) is 45.0 Å². The second kappa shape index (κ2) is 9.58. The van der Waals surface area contributed by atoms with Gasteiger partial charge in [0.15, 0.2) is 0 Å². The van der Waals surface area contributed by atoms with Crippen molar-refractivity contribution in [3.05, 3.63) is 29.8 Å². The van der Waals surface area contributed by atoms with Gasteiger partial charge < -0.3 is 10.6 Å². The summed E-state index contributed by atoms with van der Waals surface area (Å²) in [4.78, 5) is 38.6. The molecule has 0 bridgehead atoms. The number of sulfonamides is 1. The second-order valence-electron chi connectivity index (χ2n) is 8.37. The van der Waals surface area contributed by atoms with E-state index in [0.717, 1.165) is 23.3 Å². The number of urea groups is 1. The predicted octanol–water partition coefficient (Wildman–Crippen LogP) is 2.15. The fourth-order valence-corrected chi connectivity index (χ4v) is 5.91. The van der Waals surface area contributed by atoms with Crippen molar-refractivity contribution in [2.24, 2.45) is 0 Å². The summed E-state index contributed by atoms with van der Waals surface area (Å²) in [5.41, 5.74) is -0.00890. The van der Waals surface area contributed by atoms with Gasteiger partial charge in [0.1, 0.15) is 5.54 Å². The van der Waals surface area contributed by atoms with E-state index in [0.29, 0.717) is 25.9 Å². The third-order valence-corrected chi connectivity index (χ3v) is 8.43. The summed E-state index contributed by atoms with van der Waals surface area (Å²) in [6, 6.07) is 5.67. The van der Waals surface area contributed by atoms with Gasteiger partial charge in [-0.2, -0.15) is 4.31 Å². The van der Waals surface area contributed by atoms with Crippen LogP contribution in [0.4, 0.5) is 4.79 Å². The third kappa shape index (κ3) is 4.66. The summed E-state index contributed by atoms with van der Waals surface area (Å²) in [6.07, 6.45) is 3.13. The molecule has 1 spiro atoms. The molecule has 2 N–H and O–H groups in total. The SMILES string of the molecule is CCN(CC)S(=O)(=O)c1ccc([C@@H](C)NC(=O)CCN2C(=O)NC3(CCCC3)C2=O)cc1. The van der Waals surface area contributed by atoms with Crippen LogP contribution in [0, 0.1) is 0 Å². The Morgan fingerprint density at radius 2 is 1.75 bits per heavy atom. The molecule has 32 heavy (non-hydrogen) atoms. The normalized spacial score (nSPS) is 18.9. The molecule has 2 aliphatic rings. The average Bonchev–Trinajstić information content (AvgIpc) is 3.32. The van der Waals surface area contributed by atoms with E-state index in [9.17, 15) is 22.8 Å². The summed E-state index contributed by atoms with van der Waals surface area (Å²) in [7, 11) is -3.53. The van der Waals surface area contributed by atoms with Gasteiger partial charge in [-0.3, -0.25) is 14.5 Å². The van der Waals surface area contributed by atoms with Crippen LogP contribution in [-0.4, -0.2) is 60.6 Å². The van der Waals surface area contributed by atoms with Crippen molar-refractivity contribution in [2.45, 2.75) is 69.4 Å². The van der Waals surface area contributed by atoms with Crippen molar-refractivity contribution in [3.63, 3.8) is 0 Å². The lowest BCUT2D eigenvalue weighted by molar-refractivity contribution is -0.131. The number of rotatable bonds is 9. The molecule has 10 heteroatoms. The van der Waals surface area contributed by atoms with Crippen molar-refractivity contribution >= 4 is 27.9 Å². The van der Waals surface area contributed by atoms with Gasteiger partial charge >= 0.3 is 6.03 Å². The summed E-state index contributed by atoms with van der Waals surface area (Å²) in [6.45, 7) is 6.20. The van der Waals surface area contributed by atoms with Gasteiger partial charge in [-0.1, -0.05) is 38.8 Å². The third-order valence-electron chi connectivity index (χ3n) is 6.37. The maximum atomic E-state index is 12.7. The van der Waals surface area contributed by atoms with Gasteiger partial charge in [-0.25, -0.2) is 13.2 Å². The highest BCUT2D eigenvalue weighted by molar-refractivity contribution is 7.89. The van der Waals surface area contributed by atoms with Crippen LogP contribution < -0.4 is 10.6 Å². The van der Waals surface area contributed by atoms with E-state index in [1.165, 1.54) is 4.31 Å². The number of hydrogen-bond acceptors (Lipinski definition) is 5. The first kappa shape index (κ1) is 24.2. The smallest absolute Gasteiger partial charge is 0.325 e. The van der Waals surface area contributed by atoms with Crippen LogP contribution in [0.15, 0.2) is 29.2 Å². The number of carbonyl (C=O) groups is 3. The summed E-state index contributed by atoms with van der Waals surface area (Å²) in [5, 5.41) is 5.65. The van der Waals surface area contributed by atoms with E-state index < -0.39 is 21.6 Å². The Hall–Kier alpha value is -2.46. The van der Waals surface area contributed by atoms with Crippen LogP contribution in [0.25, 0.3) is 0 Å². The molecule has 1 saturated heterocycles. The predicted molar refractivity (Wildman–Crippen MR) is 119 cm³/mol. The summed E-state index contributed by atoms with van der Waals surface area (Å²) < 4.78 is 26.6. The number of nitrogens with zero attached hydrogens (tertiary/aromatic N) is 2. The molecule has 2 fully saturated rings. The molecule has 1 heterocycles. The molecule has 1 aliphatic heterocycles. The molecule has 9 nitrogen and oxygen atoms in total. The molecule has 1 aromatic carbocycles. The van der Waals surface area contributed by atoms with Crippen molar-refractivity contribution in [3.8, 4) is 0 Å². The zero-order chi connectivity index (χ0) is 23.5. The average molecular weight is 465 g/mol. The number of amides is 4. The Balaban J connectivity index is 1.56. The molecule has 1 atom stereocenters. The molecule has 1 saturated carbocycles. The molecule has 3 rings (SSSR count). The number of nitrogens with one attached hydrogen (secondary N) is 2. The number of benzene rings is 1. The second-order valence-corrected chi connectivity index (χ2v) is 10.3. The van der Waals surface area contributed by atoms with Crippen molar-refractivity contribution < 1.29 is 22.8 Å². The minimum Gasteiger partial charge on any atom is -0.350 e. The van der Waals surface area contributed by atoms with Gasteiger partial charge in [0.25, 0.3) is 5.91 Å². The fourth-order valence-electron chi connectivity index (χ4n) is 4.45. The quantitative estimate of drug-likeness (QED) is 0.543. The van der Waals surface area contributed by atoms with Crippen LogP contribution in [0.2, 0.25) is 0 Å². The number of hydrogen-bond donors (Lipinski definition) is 2. The Morgan fingerprint density at radius 3 is 2.31 bits per heavy atom. The maximum absolute atomic E-state index is 12.7. The Kier molecular flexibility index (Phi) is 7.24. The lowest BCUT2D eigenvalue weighted by Crippen LogP contribution is -2.44. The molecule has 0 radical (unpaired) electrons. The minimum absolute atomic E-state index is 0.00794. The van der Waals surface area contributed by atoms with Crippen molar-refractivity contribution in [2.75, 3.05) is 19.6 Å². The molecular formula is C22H32N4O5S. The van der Waals surface area contributed by atoms with Gasteiger partial charge in [0.2, 0.25) is 15.9 Å². The first-order valence-electron chi connectivity index (χ1n) is 11.2. The molecule has 1 aliphatic carbocycles. The minimum atomic E-state index is -3.53. The van der Waals surface area contributed by atoms with Crippen molar-refractivity contribution in [1.82, 2.24) is 19.8 Å². The molecule has 0 aromatic heterocycles. The van der Waals surface area contributed by atoms with E-state index in [4.69, 9.17) is 0 Å². The maximum Gasteiger partial charge on any atom is 0.325 e. The number of imide groups is 1. The molecule has 0 unspecified atom stereocenters. The highest BCUT2D eigenvalue weighted by atomic mass is 32.2. The Labute approximate surface area is 189 Å². The van der Waals surface area contributed by atoms with Gasteiger partial charge in [0.05, 0.1) is 10.9 Å². The van der Waals surface area contributed by atoms with E-state index in [2.05, 4.69) is 10.6 Å². The van der Waals surface area contributed by atoms with E-state index in [-0.39, 0.29) is 35.7 Å². The molecule has 4 amide bonds. The lowest BCUT2D eigenvalue weighted by atomic mass is 9.98. The Morgan fingerprint density at radius 1 is 1.16 bits per heavy atom. The van der Waals surface area contributed by atoms with Gasteiger partial charge in [0, 0.05) is 26.1 Å². The monoisotopic (exact) mass is 464 g/mol. The molecule has 176 valence electrons. The van der Waals surface area contributed by atoms with Crippen molar-refractivity contribution in [1.29, 1.82) is 0 Å². The first-order valence-corrected chi connectivity index (χ1v) is 12.6. The highest BCUT2D eigenvalue weighted by Gasteiger charge is 2.52. The van der Waals surface area contributed by atoms with Crippen LogP contribution in [0.3, 0.4) is 0 Å². The molecular weight excluding hydrogens is 432 g/mol. The zero-order valence-electron chi connectivity index (χ0n) is 18.9. The topological polar surface area (TPSA) is 116 Å². The fraction of sp³-hybridized carbons (Fsp3) is 0.591. The van der Waals surface area contributed by atoms with Gasteiger partial charge in [-0.05, 0) is 37.5 Å². The molecule has 1 aromatic rings. The van der Waals surface area contributed by atoms with E-state index in [1.807, 2.05) is 0 Å². The van der Waals surface area contributed by atoms with Crippen LogP contribution in [0.1, 0.15) is 64.5 Å². The lowest BCUT2D eigenvalue weighted by Gasteiger charge is -2.20.